The molecule has 1 fully saturated rings. The van der Waals surface area contributed by atoms with Crippen LogP contribution in [0.5, 0.6) is 0 Å². The zero-order chi connectivity index (χ0) is 18.5. The Morgan fingerprint density at radius 1 is 1.15 bits per heavy atom. The van der Waals surface area contributed by atoms with Gasteiger partial charge in [0.2, 0.25) is 0 Å². The van der Waals surface area contributed by atoms with Crippen molar-refractivity contribution in [3.8, 4) is 0 Å². The largest absolute Gasteiger partial charge is 0.365 e. The van der Waals surface area contributed by atoms with E-state index in [1.165, 1.54) is 24.1 Å². The summed E-state index contributed by atoms with van der Waals surface area (Å²) in [6, 6.07) is 0.671. The van der Waals surface area contributed by atoms with Crippen LogP contribution < -0.4 is 0 Å². The molecule has 2 aliphatic carbocycles. The lowest BCUT2D eigenvalue weighted by molar-refractivity contribution is -0.118. The first-order valence-corrected chi connectivity index (χ1v) is 9.84. The fourth-order valence-electron chi connectivity index (χ4n) is 4.60. The van der Waals surface area contributed by atoms with Gasteiger partial charge in [-0.25, -0.2) is 0 Å². The van der Waals surface area contributed by atoms with Gasteiger partial charge in [0.05, 0.1) is 6.04 Å². The van der Waals surface area contributed by atoms with E-state index in [0.29, 0.717) is 12.5 Å². The summed E-state index contributed by atoms with van der Waals surface area (Å²) in [4.78, 5) is 35.9. The molecule has 2 unspecified atom stereocenters. The lowest BCUT2D eigenvalue weighted by Gasteiger charge is -2.37. The minimum Gasteiger partial charge on any atom is -0.365 e. The predicted octanol–water partition coefficient (Wildman–Crippen LogP) is 4.59. The van der Waals surface area contributed by atoms with Gasteiger partial charge in [-0.2, -0.15) is 0 Å². The molecule has 1 aliphatic heterocycles. The number of nitroso groups, excluding NO2 is 1. The number of hydrogen-bond acceptors (Lipinski definition) is 4. The highest BCUT2D eigenvalue weighted by atomic mass is 16.3. The third-order valence-corrected chi connectivity index (χ3v) is 5.96. The van der Waals surface area contributed by atoms with Crippen LogP contribution in [0.3, 0.4) is 0 Å². The molecule has 0 aromatic rings. The number of carbonyl (C=O) groups excluding carboxylic acids is 2. The molecule has 1 heterocycles. The standard InChI is InChI=1S/C21H28N2O3/c1-15(24)16-7-9-18(10-8-16)23-19(12-14-21(25)22-26)11-13-20(23)17-5-3-2-4-6-17/h5,7,9,19-20H,2-4,6,8,10-14H2,1H3. The van der Waals surface area contributed by atoms with Gasteiger partial charge in [-0.1, -0.05) is 17.7 Å². The Bertz CT molecular complexity index is 675. The van der Waals surface area contributed by atoms with Crippen LogP contribution in [0, 0.1) is 4.91 Å². The van der Waals surface area contributed by atoms with Gasteiger partial charge in [0.15, 0.2) is 5.78 Å². The average Bonchev–Trinajstić information content (AvgIpc) is 3.10. The number of ketones is 1. The highest BCUT2D eigenvalue weighted by Crippen LogP contribution is 2.40. The molecule has 140 valence electrons. The number of Topliss-reactive ketones (excluding diaryl/α,β-unsaturated/α-hetero) is 1. The van der Waals surface area contributed by atoms with Crippen LogP contribution in [0.4, 0.5) is 0 Å². The molecule has 1 saturated heterocycles. The highest BCUT2D eigenvalue weighted by Gasteiger charge is 2.37. The van der Waals surface area contributed by atoms with Gasteiger partial charge in [-0.15, -0.1) is 4.91 Å². The number of nitrogens with zero attached hydrogens (tertiary/aromatic N) is 2. The molecule has 0 N–H and O–H groups in total. The Hall–Kier alpha value is -2.04. The van der Waals surface area contributed by atoms with Crippen LogP contribution in [-0.4, -0.2) is 28.7 Å². The Balaban J connectivity index is 1.82. The second-order valence-corrected chi connectivity index (χ2v) is 7.61. The number of allylic oxidation sites excluding steroid dienone is 5. The molecular weight excluding hydrogens is 328 g/mol. The van der Waals surface area contributed by atoms with Crippen molar-refractivity contribution in [1.82, 2.24) is 4.90 Å². The molecular formula is C21H28N2O3. The first-order valence-electron chi connectivity index (χ1n) is 9.84. The van der Waals surface area contributed by atoms with Crippen LogP contribution in [-0.2, 0) is 9.59 Å². The van der Waals surface area contributed by atoms with Gasteiger partial charge in [0.25, 0.3) is 5.91 Å². The fraction of sp³-hybridized carbons (Fsp3) is 0.619. The summed E-state index contributed by atoms with van der Waals surface area (Å²) in [7, 11) is 0. The molecule has 5 heteroatoms. The quantitative estimate of drug-likeness (QED) is 0.516. The first-order chi connectivity index (χ1) is 12.6. The maximum Gasteiger partial charge on any atom is 0.286 e. The van der Waals surface area contributed by atoms with Crippen molar-refractivity contribution >= 4 is 11.7 Å². The minimum atomic E-state index is -0.554. The summed E-state index contributed by atoms with van der Waals surface area (Å²) in [6.45, 7) is 1.62. The topological polar surface area (TPSA) is 66.8 Å². The molecule has 26 heavy (non-hydrogen) atoms. The zero-order valence-electron chi connectivity index (χ0n) is 15.6. The molecule has 3 rings (SSSR count). The Kier molecular flexibility index (Phi) is 6.17. The second-order valence-electron chi connectivity index (χ2n) is 7.61. The normalized spacial score (nSPS) is 26.0. The monoisotopic (exact) mass is 356 g/mol. The summed E-state index contributed by atoms with van der Waals surface area (Å²) >= 11 is 0. The Labute approximate surface area is 155 Å². The molecule has 0 spiro atoms. The summed E-state index contributed by atoms with van der Waals surface area (Å²) in [5.41, 5.74) is 3.68. The van der Waals surface area contributed by atoms with E-state index in [4.69, 9.17) is 0 Å². The second kappa shape index (κ2) is 8.56. The van der Waals surface area contributed by atoms with Crippen LogP contribution in [0.15, 0.2) is 40.2 Å². The third-order valence-electron chi connectivity index (χ3n) is 5.96. The average molecular weight is 356 g/mol. The minimum absolute atomic E-state index is 0.146. The van der Waals surface area contributed by atoms with Crippen LogP contribution >= 0.6 is 0 Å². The van der Waals surface area contributed by atoms with Gasteiger partial charge >= 0.3 is 0 Å². The number of amides is 1. The highest BCUT2D eigenvalue weighted by molar-refractivity contribution is 5.93. The van der Waals surface area contributed by atoms with Crippen molar-refractivity contribution in [1.29, 1.82) is 0 Å². The fourth-order valence-corrected chi connectivity index (χ4v) is 4.60. The van der Waals surface area contributed by atoms with E-state index in [0.717, 1.165) is 44.1 Å². The molecule has 0 aromatic heterocycles. The molecule has 0 saturated carbocycles. The van der Waals surface area contributed by atoms with Gasteiger partial charge < -0.3 is 4.90 Å². The Morgan fingerprint density at radius 2 is 2.00 bits per heavy atom. The van der Waals surface area contributed by atoms with Gasteiger partial charge in [-0.05, 0) is 76.4 Å². The van der Waals surface area contributed by atoms with Gasteiger partial charge in [0, 0.05) is 23.3 Å². The Morgan fingerprint density at radius 3 is 2.62 bits per heavy atom. The van der Waals surface area contributed by atoms with Crippen molar-refractivity contribution in [2.75, 3.05) is 0 Å². The first kappa shape index (κ1) is 18.7. The van der Waals surface area contributed by atoms with Crippen molar-refractivity contribution in [2.24, 2.45) is 5.18 Å². The van der Waals surface area contributed by atoms with Crippen molar-refractivity contribution in [3.05, 3.63) is 40.0 Å². The van der Waals surface area contributed by atoms with Crippen LogP contribution in [0.1, 0.15) is 71.1 Å². The molecule has 0 bridgehead atoms. The van der Waals surface area contributed by atoms with Crippen LogP contribution in [0.2, 0.25) is 0 Å². The van der Waals surface area contributed by atoms with E-state index in [2.05, 4.69) is 22.2 Å². The zero-order valence-corrected chi connectivity index (χ0v) is 15.6. The van der Waals surface area contributed by atoms with E-state index in [1.807, 2.05) is 6.08 Å². The lowest BCUT2D eigenvalue weighted by Crippen LogP contribution is -2.37. The van der Waals surface area contributed by atoms with Gasteiger partial charge in [-0.3, -0.25) is 9.59 Å². The molecule has 5 nitrogen and oxygen atoms in total. The summed E-state index contributed by atoms with van der Waals surface area (Å²) in [6.07, 6.45) is 16.0. The smallest absolute Gasteiger partial charge is 0.286 e. The van der Waals surface area contributed by atoms with E-state index in [1.54, 1.807) is 6.92 Å². The number of rotatable bonds is 6. The summed E-state index contributed by atoms with van der Waals surface area (Å²) < 4.78 is 0. The number of hydrogen-bond donors (Lipinski definition) is 0. The molecule has 0 radical (unpaired) electrons. The molecule has 1 amide bonds. The van der Waals surface area contributed by atoms with Crippen molar-refractivity contribution < 1.29 is 9.59 Å². The predicted molar refractivity (Wildman–Crippen MR) is 101 cm³/mol. The summed E-state index contributed by atoms with van der Waals surface area (Å²) in [5.74, 6) is -0.408. The maximum atomic E-state index is 11.6. The van der Waals surface area contributed by atoms with E-state index in [9.17, 15) is 14.5 Å². The maximum absolute atomic E-state index is 11.6. The number of likely N-dealkylation sites (tertiary alicyclic amines) is 1. The van der Waals surface area contributed by atoms with Crippen LogP contribution in [0.25, 0.3) is 0 Å². The van der Waals surface area contributed by atoms with E-state index >= 15 is 0 Å². The van der Waals surface area contributed by atoms with E-state index in [-0.39, 0.29) is 18.2 Å². The van der Waals surface area contributed by atoms with Crippen molar-refractivity contribution in [2.45, 2.75) is 83.2 Å². The SMILES string of the molecule is CC(=O)C1=CC=C(N2C(CCC(=O)N=O)CCC2C2=CCCCC2)CC1. The lowest BCUT2D eigenvalue weighted by atomic mass is 9.91. The molecule has 0 aromatic carbocycles. The summed E-state index contributed by atoms with van der Waals surface area (Å²) in [5, 5.41) is 2.54. The van der Waals surface area contributed by atoms with Crippen molar-refractivity contribution in [3.63, 3.8) is 0 Å². The van der Waals surface area contributed by atoms with Gasteiger partial charge in [0.1, 0.15) is 0 Å². The van der Waals surface area contributed by atoms with E-state index < -0.39 is 5.91 Å². The molecule has 3 aliphatic rings. The molecule has 2 atom stereocenters. The third kappa shape index (κ3) is 4.19. The number of carbonyl (C=O) groups is 2.